The predicted molar refractivity (Wildman–Crippen MR) is 81.6 cm³/mol. The number of hydrogen-bond acceptors (Lipinski definition) is 3. The van der Waals surface area contributed by atoms with E-state index in [4.69, 9.17) is 0 Å². The minimum absolute atomic E-state index is 0.463. The van der Waals surface area contributed by atoms with Crippen LogP contribution in [0, 0.1) is 11.8 Å². The molecule has 0 bridgehead atoms. The molecule has 0 aromatic rings. The molecule has 19 heavy (non-hydrogen) atoms. The van der Waals surface area contributed by atoms with Crippen LogP contribution in [-0.4, -0.2) is 41.6 Å². The second-order valence-corrected chi connectivity index (χ2v) is 6.74. The maximum absolute atomic E-state index is 4.42. The van der Waals surface area contributed by atoms with Crippen LogP contribution in [-0.2, 0) is 0 Å². The van der Waals surface area contributed by atoms with Crippen LogP contribution in [0.5, 0.6) is 0 Å². The van der Waals surface area contributed by atoms with Gasteiger partial charge in [0.25, 0.3) is 0 Å². The normalized spacial score (nSPS) is 31.2. The average molecular weight is 265 g/mol. The molecule has 3 nitrogen and oxygen atoms in total. The van der Waals surface area contributed by atoms with E-state index in [0.717, 1.165) is 12.0 Å². The van der Waals surface area contributed by atoms with Gasteiger partial charge in [-0.1, -0.05) is 13.0 Å². The Balaban J connectivity index is 2.14. The lowest BCUT2D eigenvalue weighted by Gasteiger charge is -2.34. The summed E-state index contributed by atoms with van der Waals surface area (Å²) < 4.78 is 0. The van der Waals surface area contributed by atoms with E-state index in [1.54, 1.807) is 0 Å². The molecule has 3 atom stereocenters. The van der Waals surface area contributed by atoms with Crippen molar-refractivity contribution in [2.45, 2.75) is 65.1 Å². The molecule has 3 unspecified atom stereocenters. The molecule has 0 aromatic carbocycles. The van der Waals surface area contributed by atoms with Crippen molar-refractivity contribution in [3.63, 3.8) is 0 Å². The quantitative estimate of drug-likeness (QED) is 0.771. The van der Waals surface area contributed by atoms with Gasteiger partial charge >= 0.3 is 0 Å². The molecule has 1 N–H and O–H groups in total. The third-order valence-corrected chi connectivity index (χ3v) is 5.04. The van der Waals surface area contributed by atoms with E-state index >= 15 is 0 Å². The maximum Gasteiger partial charge on any atom is 0.0394 e. The van der Waals surface area contributed by atoms with Gasteiger partial charge in [0.1, 0.15) is 0 Å². The van der Waals surface area contributed by atoms with Crippen molar-refractivity contribution in [2.24, 2.45) is 11.8 Å². The molecule has 2 fully saturated rings. The summed E-state index contributed by atoms with van der Waals surface area (Å²) in [5, 5.41) is 2.25. The van der Waals surface area contributed by atoms with Crippen LogP contribution in [0.3, 0.4) is 0 Å². The molecule has 1 aliphatic heterocycles. The summed E-state index contributed by atoms with van der Waals surface area (Å²) in [6, 6.07) is 1.92. The van der Waals surface area contributed by atoms with Crippen molar-refractivity contribution >= 4 is 0 Å². The Morgan fingerprint density at radius 1 is 1.26 bits per heavy atom. The van der Waals surface area contributed by atoms with E-state index < -0.39 is 0 Å². The lowest BCUT2D eigenvalue weighted by atomic mass is 9.89. The van der Waals surface area contributed by atoms with E-state index in [1.165, 1.54) is 31.5 Å². The molecule has 2 rings (SSSR count). The van der Waals surface area contributed by atoms with Crippen LogP contribution in [0.2, 0.25) is 0 Å². The average Bonchev–Trinajstić information content (AvgIpc) is 2.88. The van der Waals surface area contributed by atoms with Crippen LogP contribution in [0.15, 0.2) is 12.3 Å². The zero-order chi connectivity index (χ0) is 14.2. The first-order valence-electron chi connectivity index (χ1n) is 7.88. The molecule has 0 radical (unpaired) electrons. The molecule has 1 aliphatic carbocycles. The van der Waals surface area contributed by atoms with E-state index in [9.17, 15) is 0 Å². The van der Waals surface area contributed by atoms with Gasteiger partial charge in [0.05, 0.1) is 0 Å². The third kappa shape index (κ3) is 2.68. The molecule has 1 saturated carbocycles. The Kier molecular flexibility index (Phi) is 4.57. The molecule has 0 aromatic heterocycles. The lowest BCUT2D eigenvalue weighted by molar-refractivity contribution is 0.177. The number of nitrogens with one attached hydrogen (secondary N) is 1. The zero-order valence-electron chi connectivity index (χ0n) is 13.3. The highest BCUT2D eigenvalue weighted by Crippen LogP contribution is 2.45. The summed E-state index contributed by atoms with van der Waals surface area (Å²) >= 11 is 0. The Morgan fingerprint density at radius 2 is 1.95 bits per heavy atom. The van der Waals surface area contributed by atoms with Crippen molar-refractivity contribution < 1.29 is 0 Å². The Morgan fingerprint density at radius 3 is 2.47 bits per heavy atom. The zero-order valence-corrected chi connectivity index (χ0v) is 13.3. The monoisotopic (exact) mass is 265 g/mol. The fraction of sp³-hybridized carbons (Fsp3) is 0.875. The van der Waals surface area contributed by atoms with Crippen molar-refractivity contribution in [3.8, 4) is 0 Å². The van der Waals surface area contributed by atoms with Crippen molar-refractivity contribution in [1.82, 2.24) is 15.3 Å². The largest absolute Gasteiger partial charge is 0.311 e. The minimum atomic E-state index is 0.463. The van der Waals surface area contributed by atoms with Crippen LogP contribution in [0.4, 0.5) is 0 Å². The number of likely N-dealkylation sites (tertiary alicyclic amines) is 1. The van der Waals surface area contributed by atoms with Crippen LogP contribution >= 0.6 is 0 Å². The van der Waals surface area contributed by atoms with Gasteiger partial charge in [-0.3, -0.25) is 4.90 Å². The molecular weight excluding hydrogens is 234 g/mol. The van der Waals surface area contributed by atoms with Gasteiger partial charge in [0, 0.05) is 43.3 Å². The molecule has 1 saturated heterocycles. The number of fused-ring (bicyclic) bond motifs is 1. The summed E-state index contributed by atoms with van der Waals surface area (Å²) in [5.74, 6) is 1.45. The summed E-state index contributed by atoms with van der Waals surface area (Å²) in [6.45, 7) is 14.7. The second kappa shape index (κ2) is 5.84. The van der Waals surface area contributed by atoms with Crippen LogP contribution in [0.25, 0.3) is 0 Å². The molecule has 2 aliphatic rings. The number of hydrazine groups is 1. The van der Waals surface area contributed by atoms with Crippen molar-refractivity contribution in [1.29, 1.82) is 0 Å². The van der Waals surface area contributed by atoms with E-state index in [1.807, 2.05) is 7.05 Å². The van der Waals surface area contributed by atoms with Gasteiger partial charge in [-0.25, -0.2) is 5.43 Å². The number of nitrogens with zero attached hydrogens (tertiary/aromatic N) is 2. The molecule has 1 heterocycles. The Bertz CT molecular complexity index is 324. The third-order valence-electron chi connectivity index (χ3n) is 5.04. The van der Waals surface area contributed by atoms with Gasteiger partial charge in [0.15, 0.2) is 0 Å². The summed E-state index contributed by atoms with van der Waals surface area (Å²) in [7, 11) is 2.01. The SMILES string of the molecule is C=C(C1CN(C(C)C)C2CCCC12)N(NC)C(C)C. The standard InChI is InChI=1S/C16H31N3/c1-11(2)18-10-15(14-8-7-9-16(14)18)13(5)19(17-6)12(3)4/h11-12,14-17H,5,7-10H2,1-4,6H3. The van der Waals surface area contributed by atoms with Gasteiger partial charge in [-0.05, 0) is 46.5 Å². The van der Waals surface area contributed by atoms with E-state index in [-0.39, 0.29) is 0 Å². The first-order valence-corrected chi connectivity index (χ1v) is 7.88. The topological polar surface area (TPSA) is 18.5 Å². The van der Waals surface area contributed by atoms with Gasteiger partial charge < -0.3 is 5.01 Å². The van der Waals surface area contributed by atoms with E-state index in [0.29, 0.717) is 18.0 Å². The molecule has 3 heteroatoms. The summed E-state index contributed by atoms with van der Waals surface area (Å²) in [6.07, 6.45) is 4.16. The Hall–Kier alpha value is -0.540. The van der Waals surface area contributed by atoms with Crippen LogP contribution < -0.4 is 5.43 Å². The van der Waals surface area contributed by atoms with Crippen molar-refractivity contribution in [3.05, 3.63) is 12.3 Å². The van der Waals surface area contributed by atoms with E-state index in [2.05, 4.69) is 49.6 Å². The highest BCUT2D eigenvalue weighted by Gasteiger charge is 2.46. The van der Waals surface area contributed by atoms with Gasteiger partial charge in [-0.2, -0.15) is 0 Å². The summed E-state index contributed by atoms with van der Waals surface area (Å²) in [4.78, 5) is 2.71. The van der Waals surface area contributed by atoms with Crippen LogP contribution in [0.1, 0.15) is 47.0 Å². The first-order chi connectivity index (χ1) is 8.97. The first kappa shape index (κ1) is 14.9. The fourth-order valence-electron chi connectivity index (χ4n) is 4.21. The maximum atomic E-state index is 4.42. The summed E-state index contributed by atoms with van der Waals surface area (Å²) in [5.41, 5.74) is 4.61. The molecule has 0 amide bonds. The second-order valence-electron chi connectivity index (χ2n) is 6.74. The fourth-order valence-corrected chi connectivity index (χ4v) is 4.21. The number of hydrogen-bond donors (Lipinski definition) is 1. The molecule has 110 valence electrons. The molecular formula is C16H31N3. The Labute approximate surface area is 119 Å². The molecule has 0 spiro atoms. The minimum Gasteiger partial charge on any atom is -0.311 e. The highest BCUT2D eigenvalue weighted by molar-refractivity contribution is 5.11. The van der Waals surface area contributed by atoms with Crippen molar-refractivity contribution in [2.75, 3.05) is 13.6 Å². The van der Waals surface area contributed by atoms with Gasteiger partial charge in [0.2, 0.25) is 0 Å². The smallest absolute Gasteiger partial charge is 0.0394 e. The number of rotatable bonds is 5. The van der Waals surface area contributed by atoms with Gasteiger partial charge in [-0.15, -0.1) is 0 Å². The lowest BCUT2D eigenvalue weighted by Crippen LogP contribution is -2.43. The predicted octanol–water partition coefficient (Wildman–Crippen LogP) is 2.85. The highest BCUT2D eigenvalue weighted by atomic mass is 15.5.